The van der Waals surface area contributed by atoms with Crippen LogP contribution >= 0.6 is 0 Å². The summed E-state index contributed by atoms with van der Waals surface area (Å²) >= 11 is -3.95. The summed E-state index contributed by atoms with van der Waals surface area (Å²) in [6, 6.07) is 0. The zero-order valence-corrected chi connectivity index (χ0v) is 20.2. The molecule has 0 rings (SSSR count). The molecule has 0 aromatic rings. The van der Waals surface area contributed by atoms with Gasteiger partial charge in [0.1, 0.15) is 0 Å². The van der Waals surface area contributed by atoms with Crippen molar-refractivity contribution in [3.05, 3.63) is 0 Å². The van der Waals surface area contributed by atoms with E-state index in [1.165, 1.54) is 0 Å². The van der Waals surface area contributed by atoms with Gasteiger partial charge in [-0.15, -0.1) is 0 Å². The zero-order chi connectivity index (χ0) is 16.9. The van der Waals surface area contributed by atoms with Crippen LogP contribution in [-0.4, -0.2) is 29.8 Å². The Morgan fingerprint density at radius 1 is 0.667 bits per heavy atom. The fraction of sp³-hybridized carbons (Fsp3) is 1.00. The van der Waals surface area contributed by atoms with Crippen molar-refractivity contribution < 1.29 is 32.7 Å². The van der Waals surface area contributed by atoms with E-state index >= 15 is 0 Å². The Kier molecular flexibility index (Phi) is 9.34. The van der Waals surface area contributed by atoms with Gasteiger partial charge in [0.15, 0.2) is 0 Å². The molecule has 128 valence electrons. The zero-order valence-electron chi connectivity index (χ0n) is 15.7. The van der Waals surface area contributed by atoms with Gasteiger partial charge in [0, 0.05) is 0 Å². The van der Waals surface area contributed by atoms with E-state index in [0.717, 1.165) is 0 Å². The molecule has 0 radical (unpaired) electrons. The molecule has 0 aliphatic rings. The van der Waals surface area contributed by atoms with E-state index in [9.17, 15) is 0 Å². The first kappa shape index (κ1) is 22.2. The second-order valence-corrected chi connectivity index (χ2v) is 24.1. The van der Waals surface area contributed by atoms with E-state index < -0.39 is 38.7 Å². The normalized spacial score (nSPS) is 14.3. The SMILES string of the molecule is CC(C)C[O][Zr]([O]CC(C)C)([O][Si](C)(C)C)[O][Si](C)(C)C. The molecule has 0 aliphatic heterocycles. The molecule has 0 aliphatic carbocycles. The molecule has 0 amide bonds. The summed E-state index contributed by atoms with van der Waals surface area (Å²) in [4.78, 5) is 0. The number of hydrogen-bond donors (Lipinski definition) is 0. The van der Waals surface area contributed by atoms with E-state index in [4.69, 9.17) is 10.6 Å². The van der Waals surface area contributed by atoms with Crippen LogP contribution in [0.5, 0.6) is 0 Å². The van der Waals surface area contributed by atoms with Gasteiger partial charge in [-0.2, -0.15) is 0 Å². The average Bonchev–Trinajstić information content (AvgIpc) is 2.19. The van der Waals surface area contributed by atoms with Crippen molar-refractivity contribution in [1.82, 2.24) is 0 Å². The van der Waals surface area contributed by atoms with Crippen LogP contribution < -0.4 is 0 Å². The van der Waals surface area contributed by atoms with Gasteiger partial charge in [-0.3, -0.25) is 0 Å². The molecular formula is C14H36O4Si2Zr. The first-order chi connectivity index (χ1) is 9.25. The van der Waals surface area contributed by atoms with Crippen LogP contribution in [0.1, 0.15) is 27.7 Å². The van der Waals surface area contributed by atoms with Gasteiger partial charge >= 0.3 is 141 Å². The molecule has 0 unspecified atom stereocenters. The predicted molar refractivity (Wildman–Crippen MR) is 90.4 cm³/mol. The molecule has 0 N–H and O–H groups in total. The van der Waals surface area contributed by atoms with Crippen molar-refractivity contribution in [2.24, 2.45) is 11.8 Å². The van der Waals surface area contributed by atoms with Crippen LogP contribution in [-0.2, 0) is 32.7 Å². The Hall–Kier alpha value is 1.16. The van der Waals surface area contributed by atoms with Gasteiger partial charge < -0.3 is 0 Å². The van der Waals surface area contributed by atoms with Crippen molar-refractivity contribution in [1.29, 1.82) is 0 Å². The van der Waals surface area contributed by atoms with Crippen LogP contribution in [0.2, 0.25) is 39.3 Å². The van der Waals surface area contributed by atoms with Crippen molar-refractivity contribution in [2.45, 2.75) is 67.0 Å². The molecule has 0 saturated carbocycles. The van der Waals surface area contributed by atoms with E-state index in [2.05, 4.69) is 67.0 Å². The fourth-order valence-corrected chi connectivity index (χ4v) is 19.9. The summed E-state index contributed by atoms with van der Waals surface area (Å²) in [5, 5.41) is 0. The summed E-state index contributed by atoms with van der Waals surface area (Å²) in [6.07, 6.45) is 0. The van der Waals surface area contributed by atoms with Crippen LogP contribution in [0.25, 0.3) is 0 Å². The molecule has 0 aromatic heterocycles. The molecule has 4 nitrogen and oxygen atoms in total. The summed E-state index contributed by atoms with van der Waals surface area (Å²) in [6.45, 7) is 22.9. The summed E-state index contributed by atoms with van der Waals surface area (Å²) in [7, 11) is -3.59. The summed E-state index contributed by atoms with van der Waals surface area (Å²) in [5.41, 5.74) is 0. The molecule has 0 aromatic carbocycles. The molecule has 21 heavy (non-hydrogen) atoms. The van der Waals surface area contributed by atoms with Crippen molar-refractivity contribution in [3.8, 4) is 0 Å². The van der Waals surface area contributed by atoms with Gasteiger partial charge in [0.25, 0.3) is 0 Å². The topological polar surface area (TPSA) is 36.9 Å². The monoisotopic (exact) mass is 414 g/mol. The molecule has 7 heteroatoms. The first-order valence-corrected chi connectivity index (χ1v) is 18.8. The van der Waals surface area contributed by atoms with Gasteiger partial charge in [-0.05, 0) is 0 Å². The Morgan fingerprint density at radius 2 is 0.952 bits per heavy atom. The van der Waals surface area contributed by atoms with Gasteiger partial charge in [0.05, 0.1) is 0 Å². The molecule has 0 bridgehead atoms. The van der Waals surface area contributed by atoms with Crippen molar-refractivity contribution in [2.75, 3.05) is 13.2 Å². The predicted octanol–water partition coefficient (Wildman–Crippen LogP) is 4.85. The maximum atomic E-state index is 6.42. The third-order valence-corrected chi connectivity index (χ3v) is 19.0. The summed E-state index contributed by atoms with van der Waals surface area (Å²) in [5.74, 6) is 0.887. The van der Waals surface area contributed by atoms with Crippen LogP contribution in [0.3, 0.4) is 0 Å². The Bertz CT molecular complexity index is 268. The van der Waals surface area contributed by atoms with Crippen molar-refractivity contribution >= 4 is 16.6 Å². The maximum absolute atomic E-state index is 6.42. The molecule has 0 atom stereocenters. The van der Waals surface area contributed by atoms with Gasteiger partial charge in [-0.1, -0.05) is 0 Å². The fourth-order valence-electron chi connectivity index (χ4n) is 1.47. The molecule has 0 spiro atoms. The van der Waals surface area contributed by atoms with E-state index in [1.807, 2.05) is 0 Å². The number of hydrogen-bond acceptors (Lipinski definition) is 4. The van der Waals surface area contributed by atoms with Gasteiger partial charge in [-0.25, -0.2) is 0 Å². The minimum atomic E-state index is -3.95. The average molecular weight is 416 g/mol. The van der Waals surface area contributed by atoms with E-state index in [1.54, 1.807) is 0 Å². The Morgan fingerprint density at radius 3 is 1.14 bits per heavy atom. The molecular weight excluding hydrogens is 380 g/mol. The molecule has 0 fully saturated rings. The standard InChI is InChI=1S/2C4H9O.2C3H9OSi.Zr/c2*1-4(2)3-5;2*1-5(2,3)4;/h2*4H,3H2,1-2H3;2*1-3H3;/q4*-1;+4. The third-order valence-electron chi connectivity index (χ3n) is 2.05. The quantitative estimate of drug-likeness (QED) is 0.478. The Balaban J connectivity index is 5.25. The molecule has 0 heterocycles. The van der Waals surface area contributed by atoms with Crippen LogP contribution in [0.4, 0.5) is 0 Å². The van der Waals surface area contributed by atoms with E-state index in [-0.39, 0.29) is 0 Å². The minimum absolute atomic E-state index is 0.444. The summed E-state index contributed by atoms with van der Waals surface area (Å²) < 4.78 is 25.3. The second-order valence-electron chi connectivity index (χ2n) is 8.34. The second kappa shape index (κ2) is 8.86. The molecule has 0 saturated heterocycles. The van der Waals surface area contributed by atoms with Crippen LogP contribution in [0, 0.1) is 11.8 Å². The first-order valence-electron chi connectivity index (χ1n) is 7.93. The van der Waals surface area contributed by atoms with Gasteiger partial charge in [0.2, 0.25) is 0 Å². The Labute approximate surface area is 141 Å². The number of rotatable bonds is 10. The van der Waals surface area contributed by atoms with Crippen LogP contribution in [0.15, 0.2) is 0 Å². The van der Waals surface area contributed by atoms with Crippen molar-refractivity contribution in [3.63, 3.8) is 0 Å². The van der Waals surface area contributed by atoms with E-state index in [0.29, 0.717) is 25.0 Å². The third kappa shape index (κ3) is 12.3.